The van der Waals surface area contributed by atoms with Crippen molar-refractivity contribution in [3.05, 3.63) is 29.8 Å². The van der Waals surface area contributed by atoms with Crippen molar-refractivity contribution in [2.75, 3.05) is 25.6 Å². The zero-order valence-electron chi connectivity index (χ0n) is 9.86. The number of nitrogens with zero attached hydrogens (tertiary/aromatic N) is 1. The molecular weight excluding hydrogens is 238 g/mol. The summed E-state index contributed by atoms with van der Waals surface area (Å²) in [5, 5.41) is 0. The third-order valence-corrected chi connectivity index (χ3v) is 3.21. The number of carbonyl (C=O) groups is 1. The number of amides is 1. The lowest BCUT2D eigenvalue weighted by Crippen LogP contribution is -2.37. The third kappa shape index (κ3) is 2.39. The molecule has 1 aromatic carbocycles. The van der Waals surface area contributed by atoms with Crippen LogP contribution in [0.5, 0.6) is 5.75 Å². The van der Waals surface area contributed by atoms with Crippen molar-refractivity contribution >= 4 is 17.5 Å². The molecule has 1 aromatic rings. The number of benzene rings is 1. The lowest BCUT2D eigenvalue weighted by Gasteiger charge is -2.22. The Labute approximate surface area is 106 Å². The predicted molar refractivity (Wildman–Crippen MR) is 67.7 cm³/mol. The highest BCUT2D eigenvalue weighted by molar-refractivity contribution is 6.18. The van der Waals surface area contributed by atoms with Gasteiger partial charge in [0, 0.05) is 24.5 Å². The first-order valence-electron chi connectivity index (χ1n) is 5.84. The predicted octanol–water partition coefficient (Wildman–Crippen LogP) is 2.25. The van der Waals surface area contributed by atoms with Crippen LogP contribution < -0.4 is 4.74 Å². The van der Waals surface area contributed by atoms with Crippen molar-refractivity contribution in [2.45, 2.75) is 12.8 Å². The molecule has 92 valence electrons. The van der Waals surface area contributed by atoms with E-state index in [1.165, 1.54) is 0 Å². The lowest BCUT2D eigenvalue weighted by atomic mass is 10.00. The number of ether oxygens (including phenoxy) is 1. The van der Waals surface area contributed by atoms with Crippen LogP contribution in [0.4, 0.5) is 0 Å². The molecule has 0 radical (unpaired) electrons. The third-order valence-electron chi connectivity index (χ3n) is 3.05. The average Bonchev–Trinajstić information content (AvgIpc) is 2.79. The molecule has 0 spiro atoms. The van der Waals surface area contributed by atoms with E-state index in [1.54, 1.807) is 4.90 Å². The van der Waals surface area contributed by atoms with Gasteiger partial charge < -0.3 is 9.64 Å². The highest BCUT2D eigenvalue weighted by Crippen LogP contribution is 2.34. The molecule has 0 aliphatic carbocycles. The monoisotopic (exact) mass is 253 g/mol. The molecule has 0 aromatic heterocycles. The Morgan fingerprint density at radius 3 is 3.00 bits per heavy atom. The first kappa shape index (κ1) is 12.2. The summed E-state index contributed by atoms with van der Waals surface area (Å²) in [5.41, 5.74) is 0.991. The number of fused-ring (bicyclic) bond motifs is 1. The lowest BCUT2D eigenvalue weighted by molar-refractivity contribution is -0.132. The van der Waals surface area contributed by atoms with E-state index >= 15 is 0 Å². The van der Waals surface area contributed by atoms with Crippen molar-refractivity contribution in [1.29, 1.82) is 0 Å². The van der Waals surface area contributed by atoms with Crippen LogP contribution in [0.3, 0.4) is 0 Å². The van der Waals surface area contributed by atoms with Gasteiger partial charge in [0.1, 0.15) is 18.3 Å². The van der Waals surface area contributed by atoms with Gasteiger partial charge in [0.05, 0.1) is 0 Å². The molecule has 4 heteroatoms. The summed E-state index contributed by atoms with van der Waals surface area (Å²) in [5.74, 6) is 1.23. The van der Waals surface area contributed by atoms with E-state index in [0.717, 1.165) is 11.3 Å². The fourth-order valence-electron chi connectivity index (χ4n) is 2.11. The summed E-state index contributed by atoms with van der Waals surface area (Å²) in [7, 11) is 0. The van der Waals surface area contributed by atoms with E-state index in [4.69, 9.17) is 16.3 Å². The average molecular weight is 254 g/mol. The van der Waals surface area contributed by atoms with Crippen molar-refractivity contribution in [2.24, 2.45) is 0 Å². The molecule has 1 atom stereocenters. The van der Waals surface area contributed by atoms with Gasteiger partial charge in [0.25, 0.3) is 0 Å². The van der Waals surface area contributed by atoms with Gasteiger partial charge in [0.2, 0.25) is 5.91 Å². The Balaban J connectivity index is 2.16. The molecule has 0 N–H and O–H groups in total. The van der Waals surface area contributed by atoms with Crippen LogP contribution >= 0.6 is 11.6 Å². The molecule has 3 nitrogen and oxygen atoms in total. The SMILES string of the molecule is CCN(CCCl)C(=O)C1COc2ccccc21. The molecule has 0 bridgehead atoms. The summed E-state index contributed by atoms with van der Waals surface area (Å²) >= 11 is 5.70. The molecular formula is C13H16ClNO2. The van der Waals surface area contributed by atoms with Crippen LogP contribution in [-0.4, -0.2) is 36.4 Å². The Hall–Kier alpha value is -1.22. The van der Waals surface area contributed by atoms with E-state index in [9.17, 15) is 4.79 Å². The fourth-order valence-corrected chi connectivity index (χ4v) is 2.32. The van der Waals surface area contributed by atoms with E-state index in [-0.39, 0.29) is 11.8 Å². The van der Waals surface area contributed by atoms with E-state index < -0.39 is 0 Å². The van der Waals surface area contributed by atoms with Crippen molar-refractivity contribution < 1.29 is 9.53 Å². The topological polar surface area (TPSA) is 29.5 Å². The molecule has 1 amide bonds. The number of hydrogen-bond acceptors (Lipinski definition) is 2. The maximum atomic E-state index is 12.3. The summed E-state index contributed by atoms with van der Waals surface area (Å²) < 4.78 is 5.52. The first-order valence-corrected chi connectivity index (χ1v) is 6.37. The van der Waals surface area contributed by atoms with Gasteiger partial charge in [-0.3, -0.25) is 4.79 Å². The van der Waals surface area contributed by atoms with Gasteiger partial charge in [-0.2, -0.15) is 0 Å². The molecule has 2 rings (SSSR count). The standard InChI is InChI=1S/C13H16ClNO2/c1-2-15(8-7-14)13(16)11-9-17-12-6-4-3-5-10(11)12/h3-6,11H,2,7-9H2,1H3. The molecule has 17 heavy (non-hydrogen) atoms. The number of para-hydroxylation sites is 1. The Morgan fingerprint density at radius 1 is 1.53 bits per heavy atom. The van der Waals surface area contributed by atoms with Crippen LogP contribution in [0.1, 0.15) is 18.4 Å². The van der Waals surface area contributed by atoms with Crippen LogP contribution in [-0.2, 0) is 4.79 Å². The van der Waals surface area contributed by atoms with Crippen LogP contribution in [0.25, 0.3) is 0 Å². The first-order chi connectivity index (χ1) is 8.27. The van der Waals surface area contributed by atoms with Crippen molar-refractivity contribution in [1.82, 2.24) is 4.90 Å². The second kappa shape index (κ2) is 5.41. The van der Waals surface area contributed by atoms with Gasteiger partial charge in [-0.1, -0.05) is 18.2 Å². The largest absolute Gasteiger partial charge is 0.492 e. The number of rotatable bonds is 4. The van der Waals surface area contributed by atoms with Crippen LogP contribution in [0.2, 0.25) is 0 Å². The maximum absolute atomic E-state index is 12.3. The zero-order chi connectivity index (χ0) is 12.3. The highest BCUT2D eigenvalue weighted by Gasteiger charge is 2.32. The quantitative estimate of drug-likeness (QED) is 0.771. The minimum atomic E-state index is -0.172. The Kier molecular flexibility index (Phi) is 3.89. The Bertz CT molecular complexity index is 408. The minimum Gasteiger partial charge on any atom is -0.492 e. The molecule has 1 unspecified atom stereocenters. The second-order valence-electron chi connectivity index (χ2n) is 4.01. The van der Waals surface area contributed by atoms with Crippen molar-refractivity contribution in [3.63, 3.8) is 0 Å². The van der Waals surface area contributed by atoms with E-state index in [0.29, 0.717) is 25.6 Å². The van der Waals surface area contributed by atoms with E-state index in [2.05, 4.69) is 0 Å². The van der Waals surface area contributed by atoms with Gasteiger partial charge >= 0.3 is 0 Å². The molecule has 0 saturated heterocycles. The molecule has 1 aliphatic rings. The number of hydrogen-bond donors (Lipinski definition) is 0. The molecule has 1 aliphatic heterocycles. The van der Waals surface area contributed by atoms with Gasteiger partial charge in [-0.25, -0.2) is 0 Å². The summed E-state index contributed by atoms with van der Waals surface area (Å²) in [6.45, 7) is 3.68. The van der Waals surface area contributed by atoms with Crippen LogP contribution in [0.15, 0.2) is 24.3 Å². The van der Waals surface area contributed by atoms with Gasteiger partial charge in [-0.05, 0) is 13.0 Å². The second-order valence-corrected chi connectivity index (χ2v) is 4.39. The smallest absolute Gasteiger partial charge is 0.233 e. The van der Waals surface area contributed by atoms with Gasteiger partial charge in [0.15, 0.2) is 0 Å². The fraction of sp³-hybridized carbons (Fsp3) is 0.462. The Morgan fingerprint density at radius 2 is 2.29 bits per heavy atom. The maximum Gasteiger partial charge on any atom is 0.233 e. The highest BCUT2D eigenvalue weighted by atomic mass is 35.5. The normalized spacial score (nSPS) is 17.4. The molecule has 0 saturated carbocycles. The number of alkyl halides is 1. The molecule has 0 fully saturated rings. The van der Waals surface area contributed by atoms with Crippen LogP contribution in [0, 0.1) is 0 Å². The van der Waals surface area contributed by atoms with Crippen molar-refractivity contribution in [3.8, 4) is 5.75 Å². The summed E-state index contributed by atoms with van der Waals surface area (Å²) in [4.78, 5) is 14.1. The molecule has 1 heterocycles. The van der Waals surface area contributed by atoms with E-state index in [1.807, 2.05) is 31.2 Å². The minimum absolute atomic E-state index is 0.109. The number of carbonyl (C=O) groups excluding carboxylic acids is 1. The number of halogens is 1. The summed E-state index contributed by atoms with van der Waals surface area (Å²) in [6, 6.07) is 7.72. The zero-order valence-corrected chi connectivity index (χ0v) is 10.6. The van der Waals surface area contributed by atoms with Gasteiger partial charge in [-0.15, -0.1) is 11.6 Å². The number of likely N-dealkylation sites (N-methyl/N-ethyl adjacent to an activating group) is 1. The summed E-state index contributed by atoms with van der Waals surface area (Å²) in [6.07, 6.45) is 0.